The summed E-state index contributed by atoms with van der Waals surface area (Å²) in [7, 11) is 2.01. The van der Waals surface area contributed by atoms with Gasteiger partial charge < -0.3 is 51.0 Å². The molecule has 5 aromatic rings. The van der Waals surface area contributed by atoms with Gasteiger partial charge in [-0.25, -0.2) is 4.79 Å². The number of aromatic amines is 1. The van der Waals surface area contributed by atoms with Gasteiger partial charge in [-0.2, -0.15) is 0 Å². The average molecular weight is 1070 g/mol. The van der Waals surface area contributed by atoms with Crippen LogP contribution in [0.5, 0.6) is 5.75 Å². The Morgan fingerprint density at radius 1 is 0.714 bits per heavy atom. The Morgan fingerprint density at radius 2 is 1.35 bits per heavy atom. The summed E-state index contributed by atoms with van der Waals surface area (Å²) in [5.41, 5.74) is 3.60. The maximum Gasteiger partial charge on any atom is 0.415 e. The molecule has 1 aromatic heterocycles. The van der Waals surface area contributed by atoms with Crippen molar-refractivity contribution in [2.45, 2.75) is 71.5 Å². The maximum absolute atomic E-state index is 14.4. The van der Waals surface area contributed by atoms with Gasteiger partial charge >= 0.3 is 6.09 Å². The second-order valence-corrected chi connectivity index (χ2v) is 20.9. The number of benzene rings is 4. The fourth-order valence-electron chi connectivity index (χ4n) is 9.62. The molecule has 9 amide bonds. The summed E-state index contributed by atoms with van der Waals surface area (Å²) >= 11 is 6.55. The topological polar surface area (TPSA) is 252 Å². The fourth-order valence-corrected chi connectivity index (χ4v) is 9.88. The molecule has 0 bridgehead atoms. The van der Waals surface area contributed by atoms with Crippen molar-refractivity contribution in [3.8, 4) is 5.75 Å². The normalized spacial score (nSPS) is 16.6. The minimum atomic E-state index is -1.12. The molecule has 404 valence electrons. The van der Waals surface area contributed by atoms with Crippen LogP contribution in [0.4, 0.5) is 21.9 Å². The number of ether oxygens (including phenoxy) is 1. The Balaban J connectivity index is 0.882. The lowest BCUT2D eigenvalue weighted by Crippen LogP contribution is -2.56. The molecule has 0 aliphatic carbocycles. The number of piperazine rings is 1. The van der Waals surface area contributed by atoms with Gasteiger partial charge in [-0.3, -0.25) is 43.3 Å². The second kappa shape index (κ2) is 23.8. The number of amides is 9. The molecule has 20 nitrogen and oxygen atoms in total. The van der Waals surface area contributed by atoms with E-state index in [1.54, 1.807) is 52.3 Å². The second-order valence-electron chi connectivity index (χ2n) is 20.6. The largest absolute Gasteiger partial charge is 0.415 e. The van der Waals surface area contributed by atoms with Crippen molar-refractivity contribution in [3.05, 3.63) is 108 Å². The molecular weight excluding hydrogens is 1010 g/mol. The van der Waals surface area contributed by atoms with Crippen LogP contribution in [0.1, 0.15) is 79.8 Å². The lowest BCUT2D eigenvalue weighted by molar-refractivity contribution is -0.141. The monoisotopic (exact) mass is 1070 g/mol. The first-order valence-corrected chi connectivity index (χ1v) is 26.2. The van der Waals surface area contributed by atoms with Crippen LogP contribution in [0.3, 0.4) is 0 Å². The van der Waals surface area contributed by atoms with Crippen molar-refractivity contribution in [3.63, 3.8) is 0 Å². The number of rotatable bonds is 18. The number of nitrogens with one attached hydrogen (secondary N) is 6. The van der Waals surface area contributed by atoms with E-state index in [9.17, 15) is 43.2 Å². The number of aromatic nitrogens is 1. The van der Waals surface area contributed by atoms with Crippen LogP contribution in [0, 0.1) is 11.8 Å². The standard InChI is InChI=1S/C56H63ClN10O10/c1-31(2)23-42(62-47(68)30-67-48(69)17-18-49(67)70)53(73)58-33(5)51(71)63-43(24-32(3)4)54(74)59-37-13-11-34(12-14-37)52(72)60-38-15-16-41-35(25-38)26-44(61-41)55(75)66-29-36(28-57)50-40-10-8-7-9-39(40)46(27-45(50)66)77-56(76)65-21-19-64(6)20-22-65/h7-18,25-27,31-33,36,42-43,61H,19-24,28-30H2,1-6H3,(H,58,73)(H,59,74)(H,60,72)(H,62,68)(H,63,71)/t33-,36+,42-,43-/m0/s1. The molecule has 0 radical (unpaired) electrons. The Labute approximate surface area is 450 Å². The number of alkyl halides is 1. The summed E-state index contributed by atoms with van der Waals surface area (Å²) in [6, 6.07) is 19.3. The number of carbonyl (C=O) groups is 9. The van der Waals surface area contributed by atoms with E-state index in [0.29, 0.717) is 59.0 Å². The van der Waals surface area contributed by atoms with Gasteiger partial charge in [0, 0.05) is 96.0 Å². The number of halogens is 1. The van der Waals surface area contributed by atoms with E-state index in [1.807, 2.05) is 59.0 Å². The lowest BCUT2D eigenvalue weighted by atomic mass is 9.95. The molecule has 3 aliphatic rings. The van der Waals surface area contributed by atoms with Gasteiger partial charge in [0.15, 0.2) is 0 Å². The van der Waals surface area contributed by atoms with Crippen LogP contribution in [-0.4, -0.2) is 143 Å². The van der Waals surface area contributed by atoms with Gasteiger partial charge in [-0.15, -0.1) is 11.6 Å². The highest BCUT2D eigenvalue weighted by Crippen LogP contribution is 2.46. The summed E-state index contributed by atoms with van der Waals surface area (Å²) in [6.45, 7) is 11.2. The summed E-state index contributed by atoms with van der Waals surface area (Å²) < 4.78 is 6.05. The molecule has 4 atom stereocenters. The SMILES string of the molecule is CC(C)C[C@H](NC(=O)CN1C(=O)C=CC1=O)C(=O)N[C@@H](C)C(=O)N[C@@H](CC(C)C)C(=O)Nc1ccc(C(=O)Nc2ccc3[nH]c(C(=O)N4C[C@@H](CCl)c5c4cc(OC(=O)N4CCN(C)CC4)c4ccccc54)cc3c2)cc1. The third-order valence-electron chi connectivity index (χ3n) is 13.7. The lowest BCUT2D eigenvalue weighted by Gasteiger charge is -2.31. The molecule has 1 fully saturated rings. The van der Waals surface area contributed by atoms with Crippen molar-refractivity contribution in [2.24, 2.45) is 11.8 Å². The molecule has 8 rings (SSSR count). The number of likely N-dealkylation sites (N-methyl/N-ethyl adjacent to an activating group) is 1. The van der Waals surface area contributed by atoms with Crippen molar-refractivity contribution >= 4 is 104 Å². The smallest absolute Gasteiger partial charge is 0.409 e. The molecule has 77 heavy (non-hydrogen) atoms. The molecule has 6 N–H and O–H groups in total. The first-order chi connectivity index (χ1) is 36.8. The Bertz CT molecular complexity index is 3150. The van der Waals surface area contributed by atoms with Crippen molar-refractivity contribution in [1.29, 1.82) is 0 Å². The van der Waals surface area contributed by atoms with E-state index in [4.69, 9.17) is 16.3 Å². The van der Waals surface area contributed by atoms with Crippen molar-refractivity contribution in [2.75, 3.05) is 67.7 Å². The number of H-pyrrole nitrogens is 1. The van der Waals surface area contributed by atoms with Crippen molar-refractivity contribution < 1.29 is 47.9 Å². The van der Waals surface area contributed by atoms with Crippen LogP contribution in [0.15, 0.2) is 91.0 Å². The van der Waals surface area contributed by atoms with Crippen LogP contribution >= 0.6 is 11.6 Å². The zero-order valence-corrected chi connectivity index (χ0v) is 44.5. The van der Waals surface area contributed by atoms with Gasteiger partial charge in [-0.05, 0) is 98.1 Å². The molecule has 3 aliphatic heterocycles. The van der Waals surface area contributed by atoms with Crippen LogP contribution in [-0.2, 0) is 28.8 Å². The quantitative estimate of drug-likeness (QED) is 0.0457. The number of hydrogen-bond acceptors (Lipinski definition) is 11. The number of fused-ring (bicyclic) bond motifs is 4. The summed E-state index contributed by atoms with van der Waals surface area (Å²) in [6.07, 6.45) is 2.11. The summed E-state index contributed by atoms with van der Waals surface area (Å²) in [4.78, 5) is 128. The minimum Gasteiger partial charge on any atom is -0.409 e. The highest BCUT2D eigenvalue weighted by atomic mass is 35.5. The molecular formula is C56H63ClN10O10. The van der Waals surface area contributed by atoms with Gasteiger partial charge in [0.2, 0.25) is 23.6 Å². The molecule has 4 aromatic carbocycles. The number of anilines is 3. The molecule has 4 heterocycles. The van der Waals surface area contributed by atoms with Crippen LogP contribution < -0.4 is 36.2 Å². The van der Waals surface area contributed by atoms with E-state index >= 15 is 0 Å². The van der Waals surface area contributed by atoms with E-state index < -0.39 is 72.1 Å². The fraction of sp³-hybridized carbons (Fsp3) is 0.375. The zero-order valence-electron chi connectivity index (χ0n) is 43.7. The third-order valence-corrected chi connectivity index (χ3v) is 14.1. The van der Waals surface area contributed by atoms with Crippen molar-refractivity contribution in [1.82, 2.24) is 35.6 Å². The van der Waals surface area contributed by atoms with Gasteiger partial charge in [0.05, 0.1) is 5.69 Å². The summed E-state index contributed by atoms with van der Waals surface area (Å²) in [5.74, 6) is -4.22. The summed E-state index contributed by atoms with van der Waals surface area (Å²) in [5, 5.41) is 15.9. The van der Waals surface area contributed by atoms with Gasteiger partial charge in [-0.1, -0.05) is 52.0 Å². The molecule has 0 spiro atoms. The molecule has 0 unspecified atom stereocenters. The minimum absolute atomic E-state index is 0.0253. The Hall–Kier alpha value is -8.10. The van der Waals surface area contributed by atoms with E-state index in [-0.39, 0.29) is 47.9 Å². The Kier molecular flexibility index (Phi) is 17.1. The molecule has 0 saturated carbocycles. The van der Waals surface area contributed by atoms with Gasteiger partial charge in [0.25, 0.3) is 23.6 Å². The predicted molar refractivity (Wildman–Crippen MR) is 292 cm³/mol. The van der Waals surface area contributed by atoms with E-state index in [1.165, 1.54) is 19.1 Å². The third kappa shape index (κ3) is 12.9. The number of imide groups is 1. The van der Waals surface area contributed by atoms with E-state index in [0.717, 1.165) is 46.5 Å². The van der Waals surface area contributed by atoms with Crippen LogP contribution in [0.2, 0.25) is 0 Å². The molecule has 1 saturated heterocycles. The first-order valence-electron chi connectivity index (χ1n) is 25.6. The predicted octanol–water partition coefficient (Wildman–Crippen LogP) is 5.73. The highest BCUT2D eigenvalue weighted by molar-refractivity contribution is 6.19. The first kappa shape index (κ1) is 55.1. The Morgan fingerprint density at radius 3 is 2.00 bits per heavy atom. The zero-order chi connectivity index (χ0) is 55.2. The van der Waals surface area contributed by atoms with Crippen LogP contribution in [0.25, 0.3) is 21.7 Å². The highest BCUT2D eigenvalue weighted by Gasteiger charge is 2.37. The van der Waals surface area contributed by atoms with E-state index in [2.05, 4.69) is 36.5 Å². The number of hydrogen-bond donors (Lipinski definition) is 6. The number of nitrogens with zero attached hydrogens (tertiary/aromatic N) is 4. The van der Waals surface area contributed by atoms with Gasteiger partial charge in [0.1, 0.15) is 36.1 Å². The number of carbonyl (C=O) groups excluding carboxylic acids is 9. The maximum atomic E-state index is 14.4. The molecule has 21 heteroatoms. The average Bonchev–Trinajstić information content (AvgIpc) is 4.14.